The Morgan fingerprint density at radius 3 is 2.53 bits per heavy atom. The van der Waals surface area contributed by atoms with Crippen LogP contribution in [0.4, 0.5) is 0 Å². The molecule has 17 heavy (non-hydrogen) atoms. The molecule has 0 aliphatic heterocycles. The van der Waals surface area contributed by atoms with E-state index in [-0.39, 0.29) is 0 Å². The third-order valence-corrected chi connectivity index (χ3v) is 2.70. The third-order valence-electron chi connectivity index (χ3n) is 2.41. The number of benzene rings is 1. The molecule has 0 spiro atoms. The van der Waals surface area contributed by atoms with Gasteiger partial charge in [-0.15, -0.1) is 5.92 Å². The fraction of sp³-hybridized carbons (Fsp3) is 0.143. The largest absolute Gasteiger partial charge is 0.342 e. The van der Waals surface area contributed by atoms with Crippen molar-refractivity contribution in [3.63, 3.8) is 0 Å². The van der Waals surface area contributed by atoms with Crippen molar-refractivity contribution in [3.05, 3.63) is 46.2 Å². The zero-order valence-corrected chi connectivity index (χ0v) is 10.6. The molecule has 2 rings (SSSR count). The van der Waals surface area contributed by atoms with E-state index in [2.05, 4.69) is 21.8 Å². The maximum Gasteiger partial charge on any atom is 0.145 e. The molecule has 0 saturated heterocycles. The second-order valence-electron chi connectivity index (χ2n) is 3.63. The molecule has 2 aromatic rings. The Morgan fingerprint density at radius 2 is 1.94 bits per heavy atom. The van der Waals surface area contributed by atoms with Crippen molar-refractivity contribution in [3.8, 4) is 23.2 Å². The lowest BCUT2D eigenvalue weighted by Crippen LogP contribution is -1.97. The molecule has 0 saturated carbocycles. The highest BCUT2D eigenvalue weighted by atomic mass is 32.1. The average Bonchev–Trinajstić information content (AvgIpc) is 2.35. The molecule has 0 radical (unpaired) electrons. The van der Waals surface area contributed by atoms with Gasteiger partial charge >= 0.3 is 0 Å². The topological polar surface area (TPSA) is 28.7 Å². The van der Waals surface area contributed by atoms with Gasteiger partial charge < -0.3 is 4.98 Å². The second kappa shape index (κ2) is 4.94. The molecular weight excluding hydrogens is 228 g/mol. The van der Waals surface area contributed by atoms with Gasteiger partial charge in [0.25, 0.3) is 0 Å². The molecule has 0 fully saturated rings. The van der Waals surface area contributed by atoms with E-state index in [0.717, 1.165) is 22.6 Å². The first-order chi connectivity index (χ1) is 8.22. The molecule has 1 aromatic carbocycles. The molecule has 2 nitrogen and oxygen atoms in total. The number of H-pyrrole nitrogens is 1. The molecule has 0 bridgehead atoms. The lowest BCUT2D eigenvalue weighted by molar-refractivity contribution is 1.09. The van der Waals surface area contributed by atoms with E-state index in [1.807, 2.05) is 37.3 Å². The highest BCUT2D eigenvalue weighted by Crippen LogP contribution is 2.16. The summed E-state index contributed by atoms with van der Waals surface area (Å²) in [4.78, 5) is 7.62. The van der Waals surface area contributed by atoms with Crippen LogP contribution in [0.15, 0.2) is 30.3 Å². The second-order valence-corrected chi connectivity index (χ2v) is 4.02. The van der Waals surface area contributed by atoms with Crippen molar-refractivity contribution in [2.75, 3.05) is 0 Å². The van der Waals surface area contributed by atoms with Crippen LogP contribution in [-0.4, -0.2) is 9.97 Å². The molecule has 0 atom stereocenters. The Balaban J connectivity index is 2.60. The van der Waals surface area contributed by atoms with Crippen molar-refractivity contribution in [1.82, 2.24) is 9.97 Å². The number of hydrogen-bond acceptors (Lipinski definition) is 2. The molecule has 1 aromatic heterocycles. The van der Waals surface area contributed by atoms with Crippen molar-refractivity contribution in [1.29, 1.82) is 0 Å². The summed E-state index contributed by atoms with van der Waals surface area (Å²) in [7, 11) is 0. The van der Waals surface area contributed by atoms with Gasteiger partial charge in [0.05, 0.1) is 5.56 Å². The van der Waals surface area contributed by atoms with Crippen LogP contribution in [0.3, 0.4) is 0 Å². The Hall–Kier alpha value is -1.92. The predicted molar refractivity (Wildman–Crippen MR) is 72.1 cm³/mol. The van der Waals surface area contributed by atoms with Crippen molar-refractivity contribution >= 4 is 12.2 Å². The Bertz CT molecular complexity index is 645. The van der Waals surface area contributed by atoms with Crippen LogP contribution in [-0.2, 0) is 0 Å². The summed E-state index contributed by atoms with van der Waals surface area (Å²) in [6, 6.07) is 9.92. The van der Waals surface area contributed by atoms with E-state index in [9.17, 15) is 0 Å². The highest BCUT2D eigenvalue weighted by Gasteiger charge is 2.04. The minimum atomic E-state index is 0.550. The van der Waals surface area contributed by atoms with E-state index >= 15 is 0 Å². The molecule has 0 aliphatic rings. The number of nitrogens with one attached hydrogen (secondary N) is 1. The maximum absolute atomic E-state index is 5.26. The SMILES string of the molecule is CC#Cc1c(C)[nH]c(-c2ccccc2)nc1=S. The van der Waals surface area contributed by atoms with Gasteiger partial charge in [-0.2, -0.15) is 0 Å². The summed E-state index contributed by atoms with van der Waals surface area (Å²) in [6.45, 7) is 3.75. The van der Waals surface area contributed by atoms with Gasteiger partial charge in [-0.1, -0.05) is 48.5 Å². The minimum Gasteiger partial charge on any atom is -0.342 e. The first kappa shape index (κ1) is 11.6. The monoisotopic (exact) mass is 240 g/mol. The summed E-state index contributed by atoms with van der Waals surface area (Å²) < 4.78 is 0.550. The molecule has 0 unspecified atom stereocenters. The highest BCUT2D eigenvalue weighted by molar-refractivity contribution is 7.71. The van der Waals surface area contributed by atoms with Crippen LogP contribution in [0.25, 0.3) is 11.4 Å². The summed E-state index contributed by atoms with van der Waals surface area (Å²) >= 11 is 5.26. The zero-order valence-electron chi connectivity index (χ0n) is 9.74. The lowest BCUT2D eigenvalue weighted by Gasteiger charge is -2.05. The van der Waals surface area contributed by atoms with Crippen molar-refractivity contribution in [2.45, 2.75) is 13.8 Å². The van der Waals surface area contributed by atoms with Crippen molar-refractivity contribution < 1.29 is 0 Å². The zero-order chi connectivity index (χ0) is 12.3. The molecule has 1 heterocycles. The predicted octanol–water partition coefficient (Wildman–Crippen LogP) is 3.49. The quantitative estimate of drug-likeness (QED) is 0.610. The van der Waals surface area contributed by atoms with E-state index in [1.54, 1.807) is 6.92 Å². The van der Waals surface area contributed by atoms with Gasteiger partial charge in [-0.05, 0) is 13.8 Å². The van der Waals surface area contributed by atoms with E-state index in [4.69, 9.17) is 12.2 Å². The van der Waals surface area contributed by atoms with Crippen LogP contribution >= 0.6 is 12.2 Å². The molecule has 0 aliphatic carbocycles. The summed E-state index contributed by atoms with van der Waals surface area (Å²) in [5, 5.41) is 0. The van der Waals surface area contributed by atoms with Gasteiger partial charge in [-0.25, -0.2) is 4.98 Å². The summed E-state index contributed by atoms with van der Waals surface area (Å²) in [5.41, 5.74) is 2.79. The summed E-state index contributed by atoms with van der Waals surface area (Å²) in [6.07, 6.45) is 0. The van der Waals surface area contributed by atoms with Crippen LogP contribution in [0.2, 0.25) is 0 Å². The molecular formula is C14H12N2S. The van der Waals surface area contributed by atoms with E-state index < -0.39 is 0 Å². The van der Waals surface area contributed by atoms with Gasteiger partial charge in [0.1, 0.15) is 10.5 Å². The van der Waals surface area contributed by atoms with Crippen LogP contribution < -0.4 is 0 Å². The molecule has 3 heteroatoms. The average molecular weight is 240 g/mol. The standard InChI is InChI=1S/C14H12N2S/c1-3-7-12-10(2)15-13(16-14(12)17)11-8-5-4-6-9-11/h4-6,8-9H,1-2H3,(H,15,16,17). The lowest BCUT2D eigenvalue weighted by atomic mass is 10.2. The fourth-order valence-electron chi connectivity index (χ4n) is 1.59. The Labute approximate surface area is 106 Å². The van der Waals surface area contributed by atoms with Gasteiger partial charge in [0.2, 0.25) is 0 Å². The molecule has 0 amide bonds. The molecule has 84 valence electrons. The first-order valence-corrected chi connectivity index (χ1v) is 5.72. The Morgan fingerprint density at radius 1 is 1.24 bits per heavy atom. The van der Waals surface area contributed by atoms with E-state index in [0.29, 0.717) is 4.64 Å². The number of nitrogens with zero attached hydrogens (tertiary/aromatic N) is 1. The molecule has 1 N–H and O–H groups in total. The minimum absolute atomic E-state index is 0.550. The summed E-state index contributed by atoms with van der Waals surface area (Å²) in [5.74, 6) is 6.61. The third kappa shape index (κ3) is 2.43. The smallest absolute Gasteiger partial charge is 0.145 e. The fourth-order valence-corrected chi connectivity index (χ4v) is 1.89. The van der Waals surface area contributed by atoms with Crippen LogP contribution in [0.5, 0.6) is 0 Å². The number of rotatable bonds is 1. The van der Waals surface area contributed by atoms with Crippen molar-refractivity contribution in [2.24, 2.45) is 0 Å². The normalized spacial score (nSPS) is 9.53. The van der Waals surface area contributed by atoms with Crippen LogP contribution in [0, 0.1) is 23.4 Å². The van der Waals surface area contributed by atoms with Crippen LogP contribution in [0.1, 0.15) is 18.2 Å². The number of hydrogen-bond donors (Lipinski definition) is 1. The number of aromatic amines is 1. The Kier molecular flexibility index (Phi) is 3.36. The maximum atomic E-state index is 5.26. The van der Waals surface area contributed by atoms with Gasteiger partial charge in [-0.3, -0.25) is 0 Å². The number of aromatic nitrogens is 2. The van der Waals surface area contributed by atoms with Gasteiger partial charge in [0.15, 0.2) is 0 Å². The van der Waals surface area contributed by atoms with E-state index in [1.165, 1.54) is 0 Å². The first-order valence-electron chi connectivity index (χ1n) is 5.31. The number of aryl methyl sites for hydroxylation is 1. The van der Waals surface area contributed by atoms with Gasteiger partial charge in [0, 0.05) is 11.3 Å².